The average molecular weight is 485 g/mol. The molecule has 0 aliphatic heterocycles. The van der Waals surface area contributed by atoms with E-state index in [2.05, 4.69) is 4.98 Å². The van der Waals surface area contributed by atoms with Crippen molar-refractivity contribution in [2.45, 2.75) is 12.1 Å². The summed E-state index contributed by atoms with van der Waals surface area (Å²) in [5.74, 6) is 0.380. The summed E-state index contributed by atoms with van der Waals surface area (Å²) in [6.45, 7) is 1.93. The van der Waals surface area contributed by atoms with E-state index in [4.69, 9.17) is 27.9 Å². The number of hydrogen-bond acceptors (Lipinski definition) is 5. The molecule has 0 bridgehead atoms. The van der Waals surface area contributed by atoms with Crippen LogP contribution in [0, 0.1) is 6.92 Å². The lowest BCUT2D eigenvalue weighted by Gasteiger charge is -2.16. The summed E-state index contributed by atoms with van der Waals surface area (Å²) < 4.78 is 7.00. The molecule has 0 fully saturated rings. The molecule has 1 heterocycles. The van der Waals surface area contributed by atoms with E-state index in [9.17, 15) is 9.59 Å². The van der Waals surface area contributed by atoms with Crippen LogP contribution < -0.4 is 10.3 Å². The van der Waals surface area contributed by atoms with Crippen LogP contribution in [-0.4, -0.2) is 28.2 Å². The molecule has 1 aromatic heterocycles. The molecule has 162 valence electrons. The van der Waals surface area contributed by atoms with Gasteiger partial charge >= 0.3 is 0 Å². The first-order valence-corrected chi connectivity index (χ1v) is 11.4. The summed E-state index contributed by atoms with van der Waals surface area (Å²) in [5.41, 5.74) is 2.21. The van der Waals surface area contributed by atoms with Gasteiger partial charge in [0.1, 0.15) is 5.75 Å². The molecule has 0 saturated heterocycles. The highest BCUT2D eigenvalue weighted by atomic mass is 35.5. The molecule has 0 amide bonds. The van der Waals surface area contributed by atoms with E-state index in [1.807, 2.05) is 25.1 Å². The summed E-state index contributed by atoms with van der Waals surface area (Å²) >= 11 is 13.3. The number of ketones is 1. The lowest BCUT2D eigenvalue weighted by Crippen LogP contribution is -2.23. The maximum atomic E-state index is 13.5. The Hall–Kier alpha value is -2.80. The van der Waals surface area contributed by atoms with Gasteiger partial charge in [0.2, 0.25) is 0 Å². The summed E-state index contributed by atoms with van der Waals surface area (Å²) in [6, 6.07) is 17.4. The Morgan fingerprint density at radius 2 is 1.88 bits per heavy atom. The number of thioether (sulfide) groups is 1. The van der Waals surface area contributed by atoms with E-state index in [-0.39, 0.29) is 22.1 Å². The minimum Gasteiger partial charge on any atom is -0.495 e. The molecular formula is C24H18Cl2N2O3S. The Balaban J connectivity index is 1.82. The smallest absolute Gasteiger partial charge is 0.266 e. The fraction of sp³-hybridized carbons (Fsp3) is 0.125. The zero-order valence-electron chi connectivity index (χ0n) is 17.3. The highest BCUT2D eigenvalue weighted by Crippen LogP contribution is 2.29. The van der Waals surface area contributed by atoms with Crippen molar-refractivity contribution in [1.82, 2.24) is 9.55 Å². The average Bonchev–Trinajstić information content (AvgIpc) is 2.77. The first kappa shape index (κ1) is 22.4. The second-order valence-corrected chi connectivity index (χ2v) is 8.85. The van der Waals surface area contributed by atoms with Crippen LogP contribution >= 0.6 is 35.0 Å². The van der Waals surface area contributed by atoms with Crippen molar-refractivity contribution in [2.75, 3.05) is 12.9 Å². The Bertz CT molecular complexity index is 1400. The van der Waals surface area contributed by atoms with Crippen LogP contribution in [-0.2, 0) is 0 Å². The molecule has 0 aliphatic rings. The largest absolute Gasteiger partial charge is 0.495 e. The van der Waals surface area contributed by atoms with Crippen molar-refractivity contribution in [2.24, 2.45) is 0 Å². The number of halogens is 2. The number of hydrogen-bond donors (Lipinski definition) is 0. The third kappa shape index (κ3) is 4.39. The van der Waals surface area contributed by atoms with Gasteiger partial charge in [-0.1, -0.05) is 53.2 Å². The van der Waals surface area contributed by atoms with Crippen LogP contribution in [0.4, 0.5) is 0 Å². The zero-order chi connectivity index (χ0) is 22.8. The molecule has 4 rings (SSSR count). The normalized spacial score (nSPS) is 11.0. The lowest BCUT2D eigenvalue weighted by atomic mass is 10.1. The van der Waals surface area contributed by atoms with Gasteiger partial charge in [-0.05, 0) is 55.0 Å². The van der Waals surface area contributed by atoms with Crippen LogP contribution in [0.2, 0.25) is 10.0 Å². The number of methoxy groups -OCH3 is 1. The first-order chi connectivity index (χ1) is 15.4. The number of aryl methyl sites for hydroxylation is 1. The van der Waals surface area contributed by atoms with E-state index in [1.54, 1.807) is 43.5 Å². The molecule has 32 heavy (non-hydrogen) atoms. The van der Waals surface area contributed by atoms with Gasteiger partial charge < -0.3 is 4.74 Å². The summed E-state index contributed by atoms with van der Waals surface area (Å²) in [4.78, 5) is 31.0. The van der Waals surface area contributed by atoms with Gasteiger partial charge in [0.25, 0.3) is 5.56 Å². The molecule has 8 heteroatoms. The Morgan fingerprint density at radius 1 is 1.09 bits per heavy atom. The number of Topliss-reactive ketones (excluding diaryl/α,β-unsaturated/α-hetero) is 1. The third-order valence-electron chi connectivity index (χ3n) is 4.88. The number of carbonyl (C=O) groups is 1. The predicted octanol–water partition coefficient (Wildman–Crippen LogP) is 5.98. The number of carbonyl (C=O) groups excluding carboxylic acids is 1. The highest BCUT2D eigenvalue weighted by Gasteiger charge is 2.19. The fourth-order valence-corrected chi connectivity index (χ4v) is 4.72. The Morgan fingerprint density at radius 3 is 2.62 bits per heavy atom. The number of nitrogens with zero attached hydrogens (tertiary/aromatic N) is 2. The van der Waals surface area contributed by atoms with Gasteiger partial charge in [0, 0.05) is 10.6 Å². The molecule has 0 saturated carbocycles. The Kier molecular flexibility index (Phi) is 6.55. The molecule has 0 aliphatic carbocycles. The van der Waals surface area contributed by atoms with E-state index in [1.165, 1.54) is 22.4 Å². The molecule has 0 atom stereocenters. The molecule has 0 radical (unpaired) electrons. The lowest BCUT2D eigenvalue weighted by molar-refractivity contribution is 0.102. The highest BCUT2D eigenvalue weighted by molar-refractivity contribution is 7.99. The van der Waals surface area contributed by atoms with Crippen LogP contribution in [0.3, 0.4) is 0 Å². The molecule has 4 aromatic rings. The van der Waals surface area contributed by atoms with Gasteiger partial charge in [-0.3, -0.25) is 14.2 Å². The standard InChI is InChI=1S/C24H18Cl2N2O3S/c1-14-7-10-22(31-2)20(11-14)28-23(30)17-5-3-4-6-19(17)27-24(28)32-13-21(29)16-9-8-15(25)12-18(16)26/h3-12H,13H2,1-2H3. The van der Waals surface area contributed by atoms with Crippen molar-refractivity contribution in [1.29, 1.82) is 0 Å². The van der Waals surface area contributed by atoms with Gasteiger partial charge in [-0.15, -0.1) is 0 Å². The van der Waals surface area contributed by atoms with Gasteiger partial charge in [-0.2, -0.15) is 0 Å². The minimum atomic E-state index is -0.237. The quantitative estimate of drug-likeness (QED) is 0.191. The van der Waals surface area contributed by atoms with E-state index in [0.717, 1.165) is 5.56 Å². The van der Waals surface area contributed by atoms with E-state index in [0.29, 0.717) is 38.1 Å². The van der Waals surface area contributed by atoms with Crippen LogP contribution in [0.25, 0.3) is 16.6 Å². The van der Waals surface area contributed by atoms with Gasteiger partial charge in [0.05, 0.1) is 34.5 Å². The van der Waals surface area contributed by atoms with Gasteiger partial charge in [-0.25, -0.2) is 4.98 Å². The predicted molar refractivity (Wildman–Crippen MR) is 130 cm³/mol. The number of benzene rings is 3. The number of para-hydroxylation sites is 1. The topological polar surface area (TPSA) is 61.2 Å². The number of aromatic nitrogens is 2. The SMILES string of the molecule is COc1ccc(C)cc1-n1c(SCC(=O)c2ccc(Cl)cc2Cl)nc2ccccc2c1=O. The zero-order valence-corrected chi connectivity index (χ0v) is 19.6. The van der Waals surface area contributed by atoms with Crippen molar-refractivity contribution in [3.05, 3.63) is 92.2 Å². The molecule has 0 unspecified atom stereocenters. The second-order valence-electron chi connectivity index (χ2n) is 7.06. The molecule has 0 spiro atoms. The Labute approximate surface area is 199 Å². The third-order valence-corrected chi connectivity index (χ3v) is 6.37. The fourth-order valence-electron chi connectivity index (χ4n) is 3.32. The molecule has 0 N–H and O–H groups in total. The van der Waals surface area contributed by atoms with Crippen LogP contribution in [0.1, 0.15) is 15.9 Å². The molecule has 5 nitrogen and oxygen atoms in total. The second kappa shape index (κ2) is 9.36. The summed E-state index contributed by atoms with van der Waals surface area (Å²) in [5, 5.41) is 1.60. The van der Waals surface area contributed by atoms with Crippen molar-refractivity contribution < 1.29 is 9.53 Å². The monoisotopic (exact) mass is 484 g/mol. The molecule has 3 aromatic carbocycles. The van der Waals surface area contributed by atoms with Gasteiger partial charge in [0.15, 0.2) is 10.9 Å². The number of ether oxygens (including phenoxy) is 1. The van der Waals surface area contributed by atoms with Crippen LogP contribution in [0.15, 0.2) is 70.6 Å². The number of fused-ring (bicyclic) bond motifs is 1. The van der Waals surface area contributed by atoms with Crippen molar-refractivity contribution in [3.63, 3.8) is 0 Å². The molecular weight excluding hydrogens is 467 g/mol. The number of rotatable bonds is 6. The minimum absolute atomic E-state index is 0.0419. The van der Waals surface area contributed by atoms with E-state index < -0.39 is 0 Å². The maximum Gasteiger partial charge on any atom is 0.266 e. The summed E-state index contributed by atoms with van der Waals surface area (Å²) in [6.07, 6.45) is 0. The van der Waals surface area contributed by atoms with Crippen LogP contribution in [0.5, 0.6) is 5.75 Å². The first-order valence-electron chi connectivity index (χ1n) is 9.67. The van der Waals surface area contributed by atoms with Crippen molar-refractivity contribution >= 4 is 51.6 Å². The maximum absolute atomic E-state index is 13.5. The van der Waals surface area contributed by atoms with E-state index >= 15 is 0 Å². The van der Waals surface area contributed by atoms with Crippen molar-refractivity contribution in [3.8, 4) is 11.4 Å². The summed E-state index contributed by atoms with van der Waals surface area (Å²) in [7, 11) is 1.55.